The summed E-state index contributed by atoms with van der Waals surface area (Å²) in [6.07, 6.45) is 5.17. The molecule has 0 radical (unpaired) electrons. The van der Waals surface area contributed by atoms with Crippen LogP contribution >= 0.6 is 0 Å². The third kappa shape index (κ3) is 8.22. The molecule has 1 amide bonds. The van der Waals surface area contributed by atoms with Gasteiger partial charge in [-0.15, -0.1) is 6.58 Å². The quantitative estimate of drug-likeness (QED) is 0.232. The average molecular weight is 546 g/mol. The third-order valence-electron chi connectivity index (χ3n) is 6.11. The molecule has 0 N–H and O–H groups in total. The van der Waals surface area contributed by atoms with Crippen molar-refractivity contribution in [1.82, 2.24) is 4.90 Å². The molecule has 1 fully saturated rings. The Hall–Kier alpha value is -2.64. The van der Waals surface area contributed by atoms with E-state index < -0.39 is 0 Å². The van der Waals surface area contributed by atoms with E-state index in [1.807, 2.05) is 36.1 Å². The van der Waals surface area contributed by atoms with Crippen LogP contribution in [-0.4, -0.2) is 68.0 Å². The summed E-state index contributed by atoms with van der Waals surface area (Å²) in [6.45, 7) is 9.06. The second kappa shape index (κ2) is 13.4. The maximum atomic E-state index is 12.6. The standard InChI is InChI=1S/C28H37N2O4.BrH/c1-5-10-23-11-9-12-26(34-24-15-13-22(14-16-24)25(31)6-2)28(23)33-20-19-30(3,4)21-27(32)29-17-7-8-18-29;/h5,9,11-16H,1,6-8,10,17-21H2,2-4H3;1H/q+1;/p-1. The van der Waals surface area contributed by atoms with Gasteiger partial charge >= 0.3 is 0 Å². The molecule has 1 aliphatic rings. The summed E-state index contributed by atoms with van der Waals surface area (Å²) in [5, 5.41) is 0. The molecule has 1 heterocycles. The van der Waals surface area contributed by atoms with Gasteiger partial charge < -0.3 is 35.8 Å². The predicted octanol–water partition coefficient (Wildman–Crippen LogP) is 1.88. The van der Waals surface area contributed by atoms with Crippen LogP contribution in [0.5, 0.6) is 17.2 Å². The van der Waals surface area contributed by atoms with Crippen molar-refractivity contribution in [2.75, 3.05) is 46.9 Å². The molecule has 6 nitrogen and oxygen atoms in total. The Morgan fingerprint density at radius 1 is 1.09 bits per heavy atom. The number of quaternary nitrogens is 1. The van der Waals surface area contributed by atoms with Gasteiger partial charge in [0.25, 0.3) is 5.91 Å². The maximum absolute atomic E-state index is 12.6. The van der Waals surface area contributed by atoms with Crippen molar-refractivity contribution in [1.29, 1.82) is 0 Å². The van der Waals surface area contributed by atoms with E-state index in [-0.39, 0.29) is 28.7 Å². The van der Waals surface area contributed by atoms with Crippen LogP contribution in [0.4, 0.5) is 0 Å². The molecular formula is C28H37BrN2O4. The number of para-hydroxylation sites is 1. The lowest BCUT2D eigenvalue weighted by Gasteiger charge is -2.31. The molecular weight excluding hydrogens is 508 g/mol. The van der Waals surface area contributed by atoms with Gasteiger partial charge in [-0.25, -0.2) is 0 Å². The number of halogens is 1. The van der Waals surface area contributed by atoms with E-state index in [0.717, 1.165) is 31.5 Å². The SMILES string of the molecule is C=CCc1cccc(Oc2ccc(C(=O)CC)cc2)c1OCC[N+](C)(C)CC(=O)N1CCCC1.[Br-]. The molecule has 0 aliphatic carbocycles. The number of likely N-dealkylation sites (N-methyl/N-ethyl adjacent to an activating group) is 1. The second-order valence-electron chi connectivity index (χ2n) is 9.39. The number of carbonyl (C=O) groups excluding carboxylic acids is 2. The summed E-state index contributed by atoms with van der Waals surface area (Å²) < 4.78 is 12.9. The van der Waals surface area contributed by atoms with Crippen LogP contribution in [0.3, 0.4) is 0 Å². The average Bonchev–Trinajstić information content (AvgIpc) is 3.36. The number of ether oxygens (including phenoxy) is 2. The Kier molecular flexibility index (Phi) is 11.0. The molecule has 35 heavy (non-hydrogen) atoms. The van der Waals surface area contributed by atoms with Crippen molar-refractivity contribution in [3.63, 3.8) is 0 Å². The molecule has 1 saturated heterocycles. The monoisotopic (exact) mass is 544 g/mol. The Labute approximate surface area is 219 Å². The van der Waals surface area contributed by atoms with Gasteiger partial charge in [-0.05, 0) is 49.6 Å². The number of carbonyl (C=O) groups is 2. The zero-order valence-electron chi connectivity index (χ0n) is 21.1. The molecule has 0 bridgehead atoms. The molecule has 1 aliphatic heterocycles. The number of hydrogen-bond donors (Lipinski definition) is 0. The van der Waals surface area contributed by atoms with Gasteiger partial charge in [-0.2, -0.15) is 0 Å². The molecule has 0 unspecified atom stereocenters. The molecule has 7 heteroatoms. The van der Waals surface area contributed by atoms with E-state index in [4.69, 9.17) is 9.47 Å². The van der Waals surface area contributed by atoms with Gasteiger partial charge in [0.1, 0.15) is 18.9 Å². The fraction of sp³-hybridized carbons (Fsp3) is 0.429. The largest absolute Gasteiger partial charge is 1.00 e. The molecule has 0 atom stereocenters. The highest BCUT2D eigenvalue weighted by molar-refractivity contribution is 5.95. The van der Waals surface area contributed by atoms with E-state index in [1.54, 1.807) is 24.3 Å². The number of likely N-dealkylation sites (tertiary alicyclic amines) is 1. The second-order valence-corrected chi connectivity index (χ2v) is 9.39. The van der Waals surface area contributed by atoms with Gasteiger partial charge in [0, 0.05) is 30.6 Å². The van der Waals surface area contributed by atoms with Crippen LogP contribution < -0.4 is 26.5 Å². The lowest BCUT2D eigenvalue weighted by Crippen LogP contribution is -3.00. The number of allylic oxidation sites excluding steroid dienone is 1. The fourth-order valence-electron chi connectivity index (χ4n) is 4.07. The first-order valence-electron chi connectivity index (χ1n) is 12.1. The van der Waals surface area contributed by atoms with Crippen molar-refractivity contribution < 1.29 is 40.5 Å². The van der Waals surface area contributed by atoms with Crippen LogP contribution in [0.2, 0.25) is 0 Å². The van der Waals surface area contributed by atoms with Crippen LogP contribution in [0.15, 0.2) is 55.1 Å². The van der Waals surface area contributed by atoms with Gasteiger partial charge in [-0.1, -0.05) is 25.1 Å². The van der Waals surface area contributed by atoms with E-state index in [0.29, 0.717) is 59.8 Å². The number of hydrogen-bond acceptors (Lipinski definition) is 4. The van der Waals surface area contributed by atoms with E-state index in [9.17, 15) is 9.59 Å². The molecule has 3 rings (SSSR count). The van der Waals surface area contributed by atoms with Crippen molar-refractivity contribution in [3.8, 4) is 17.2 Å². The molecule has 2 aromatic rings. The van der Waals surface area contributed by atoms with Crippen molar-refractivity contribution in [2.45, 2.75) is 32.6 Å². The number of amides is 1. The number of Topliss-reactive ketones (excluding diaryl/α,β-unsaturated/α-hetero) is 1. The Morgan fingerprint density at radius 3 is 2.40 bits per heavy atom. The predicted molar refractivity (Wildman–Crippen MR) is 135 cm³/mol. The van der Waals surface area contributed by atoms with Gasteiger partial charge in [-0.3, -0.25) is 9.59 Å². The van der Waals surface area contributed by atoms with Crippen LogP contribution in [0, 0.1) is 0 Å². The van der Waals surface area contributed by atoms with Crippen LogP contribution in [0.25, 0.3) is 0 Å². The van der Waals surface area contributed by atoms with E-state index in [1.165, 1.54) is 0 Å². The summed E-state index contributed by atoms with van der Waals surface area (Å²) in [6, 6.07) is 13.0. The highest BCUT2D eigenvalue weighted by Crippen LogP contribution is 2.35. The van der Waals surface area contributed by atoms with Gasteiger partial charge in [0.2, 0.25) is 0 Å². The first-order chi connectivity index (χ1) is 16.3. The molecule has 0 aromatic heterocycles. The summed E-state index contributed by atoms with van der Waals surface area (Å²) in [5.41, 5.74) is 1.67. The van der Waals surface area contributed by atoms with Gasteiger partial charge in [0.15, 0.2) is 23.8 Å². The normalized spacial score (nSPS) is 13.2. The Balaban J connectivity index is 0.00000432. The lowest BCUT2D eigenvalue weighted by molar-refractivity contribution is -0.882. The molecule has 190 valence electrons. The highest BCUT2D eigenvalue weighted by Gasteiger charge is 2.26. The number of ketones is 1. The molecule has 0 saturated carbocycles. The zero-order chi connectivity index (χ0) is 24.6. The zero-order valence-corrected chi connectivity index (χ0v) is 22.7. The van der Waals surface area contributed by atoms with Crippen molar-refractivity contribution in [2.24, 2.45) is 0 Å². The third-order valence-corrected chi connectivity index (χ3v) is 6.11. The lowest BCUT2D eigenvalue weighted by atomic mass is 10.1. The minimum absolute atomic E-state index is 0. The van der Waals surface area contributed by atoms with Gasteiger partial charge in [0.05, 0.1) is 14.1 Å². The van der Waals surface area contributed by atoms with Crippen molar-refractivity contribution >= 4 is 11.7 Å². The molecule has 2 aromatic carbocycles. The van der Waals surface area contributed by atoms with Crippen LogP contribution in [0.1, 0.15) is 42.1 Å². The van der Waals surface area contributed by atoms with E-state index in [2.05, 4.69) is 20.7 Å². The topological polar surface area (TPSA) is 55.8 Å². The number of benzene rings is 2. The number of nitrogens with zero attached hydrogens (tertiary/aromatic N) is 2. The Morgan fingerprint density at radius 2 is 1.77 bits per heavy atom. The molecule has 0 spiro atoms. The minimum atomic E-state index is 0. The number of rotatable bonds is 12. The fourth-order valence-corrected chi connectivity index (χ4v) is 4.07. The minimum Gasteiger partial charge on any atom is -1.00 e. The summed E-state index contributed by atoms with van der Waals surface area (Å²) in [5.74, 6) is 2.26. The highest BCUT2D eigenvalue weighted by atomic mass is 79.9. The summed E-state index contributed by atoms with van der Waals surface area (Å²) in [7, 11) is 4.12. The summed E-state index contributed by atoms with van der Waals surface area (Å²) in [4.78, 5) is 26.5. The summed E-state index contributed by atoms with van der Waals surface area (Å²) >= 11 is 0. The first kappa shape index (κ1) is 28.6. The first-order valence-corrected chi connectivity index (χ1v) is 12.1. The van der Waals surface area contributed by atoms with E-state index >= 15 is 0 Å². The van der Waals surface area contributed by atoms with Crippen molar-refractivity contribution in [3.05, 3.63) is 66.2 Å². The van der Waals surface area contributed by atoms with Crippen LogP contribution in [-0.2, 0) is 11.2 Å². The Bertz CT molecular complexity index is 999. The maximum Gasteiger partial charge on any atom is 0.277 e. The smallest absolute Gasteiger partial charge is 0.277 e.